The first-order valence-corrected chi connectivity index (χ1v) is 12.3. The van der Waals surface area contributed by atoms with E-state index in [4.69, 9.17) is 10.5 Å². The van der Waals surface area contributed by atoms with Crippen molar-refractivity contribution in [3.8, 4) is 5.75 Å². The highest BCUT2D eigenvalue weighted by Crippen LogP contribution is 2.34. The van der Waals surface area contributed by atoms with Gasteiger partial charge < -0.3 is 20.7 Å². The zero-order chi connectivity index (χ0) is 23.9. The lowest BCUT2D eigenvalue weighted by Crippen LogP contribution is -2.57. The van der Waals surface area contributed by atoms with E-state index in [1.54, 1.807) is 7.11 Å². The quantitative estimate of drug-likeness (QED) is 0.564. The van der Waals surface area contributed by atoms with Crippen LogP contribution in [0.25, 0.3) is 0 Å². The molecule has 182 valence electrons. The van der Waals surface area contributed by atoms with E-state index in [9.17, 15) is 9.59 Å². The fraction of sp³-hybridized carbons (Fsp3) is 0.481. The first-order chi connectivity index (χ1) is 16.6. The van der Waals surface area contributed by atoms with Gasteiger partial charge in [0.25, 0.3) is 0 Å². The van der Waals surface area contributed by atoms with Gasteiger partial charge in [0, 0.05) is 44.7 Å². The molecule has 1 saturated carbocycles. The van der Waals surface area contributed by atoms with Crippen LogP contribution in [-0.2, 0) is 22.7 Å². The molecule has 1 aliphatic carbocycles. The van der Waals surface area contributed by atoms with Gasteiger partial charge in [0.15, 0.2) is 0 Å². The standard InChI is InChI=1S/C27H36N4O3/c1-34-24-9-5-8-21(16-24)19-30(18-20-6-3-2-4-7-20)23-12-15-31(27(33)22-10-11-22)25(17-23)26(32)29-14-13-28/h2-9,16,22-23,25H,10-15,17-19,28H2,1H3,(H,29,32)/t23?,25-/m1/s1. The third-order valence-electron chi connectivity index (χ3n) is 6.80. The number of likely N-dealkylation sites (tertiary alicyclic amines) is 1. The molecule has 1 saturated heterocycles. The second-order valence-electron chi connectivity index (χ2n) is 9.32. The summed E-state index contributed by atoms with van der Waals surface area (Å²) in [5, 5.41) is 2.93. The van der Waals surface area contributed by atoms with Crippen LogP contribution in [0.3, 0.4) is 0 Å². The maximum atomic E-state index is 13.1. The van der Waals surface area contributed by atoms with Crippen molar-refractivity contribution in [3.05, 3.63) is 65.7 Å². The van der Waals surface area contributed by atoms with E-state index in [1.807, 2.05) is 23.1 Å². The Hall–Kier alpha value is -2.90. The molecule has 3 N–H and O–H groups in total. The molecule has 0 bridgehead atoms. The fourth-order valence-corrected chi connectivity index (χ4v) is 4.81. The molecule has 0 radical (unpaired) electrons. The molecule has 2 aromatic carbocycles. The number of ether oxygens (including phenoxy) is 1. The minimum absolute atomic E-state index is 0.0924. The lowest BCUT2D eigenvalue weighted by Gasteiger charge is -2.43. The number of methoxy groups -OCH3 is 1. The van der Waals surface area contributed by atoms with Crippen LogP contribution in [0.5, 0.6) is 5.75 Å². The number of hydrogen-bond donors (Lipinski definition) is 2. The molecule has 1 heterocycles. The van der Waals surface area contributed by atoms with Crippen molar-refractivity contribution in [2.24, 2.45) is 11.7 Å². The van der Waals surface area contributed by atoms with Crippen molar-refractivity contribution in [3.63, 3.8) is 0 Å². The summed E-state index contributed by atoms with van der Waals surface area (Å²) >= 11 is 0. The van der Waals surface area contributed by atoms with Gasteiger partial charge in [0.1, 0.15) is 11.8 Å². The van der Waals surface area contributed by atoms with Gasteiger partial charge in [-0.1, -0.05) is 42.5 Å². The lowest BCUT2D eigenvalue weighted by molar-refractivity contribution is -0.144. The second kappa shape index (κ2) is 11.5. The SMILES string of the molecule is COc1cccc(CN(Cc2ccccc2)C2CCN(C(=O)C3CC3)[C@@H](C(=O)NCCN)C2)c1. The van der Waals surface area contributed by atoms with E-state index in [0.717, 1.165) is 43.7 Å². The average Bonchev–Trinajstić information content (AvgIpc) is 3.72. The first-order valence-electron chi connectivity index (χ1n) is 12.3. The number of rotatable bonds is 10. The van der Waals surface area contributed by atoms with E-state index >= 15 is 0 Å². The lowest BCUT2D eigenvalue weighted by atomic mass is 9.93. The van der Waals surface area contributed by atoms with Gasteiger partial charge in [0.05, 0.1) is 7.11 Å². The van der Waals surface area contributed by atoms with E-state index < -0.39 is 6.04 Å². The highest BCUT2D eigenvalue weighted by atomic mass is 16.5. The summed E-state index contributed by atoms with van der Waals surface area (Å²) in [5.74, 6) is 0.971. The predicted octanol–water partition coefficient (Wildman–Crippen LogP) is 2.54. The van der Waals surface area contributed by atoms with E-state index in [-0.39, 0.29) is 23.8 Å². The van der Waals surface area contributed by atoms with Crippen LogP contribution in [0.4, 0.5) is 0 Å². The van der Waals surface area contributed by atoms with Crippen molar-refractivity contribution in [2.75, 3.05) is 26.7 Å². The summed E-state index contributed by atoms with van der Waals surface area (Å²) in [7, 11) is 1.68. The van der Waals surface area contributed by atoms with Crippen molar-refractivity contribution in [1.82, 2.24) is 15.1 Å². The van der Waals surface area contributed by atoms with Crippen LogP contribution < -0.4 is 15.8 Å². The topological polar surface area (TPSA) is 87.9 Å². The third-order valence-corrected chi connectivity index (χ3v) is 6.80. The maximum Gasteiger partial charge on any atom is 0.242 e. The molecule has 2 aliphatic rings. The Balaban J connectivity index is 1.56. The van der Waals surface area contributed by atoms with Crippen molar-refractivity contribution >= 4 is 11.8 Å². The number of benzene rings is 2. The van der Waals surface area contributed by atoms with Crippen LogP contribution in [0, 0.1) is 5.92 Å². The summed E-state index contributed by atoms with van der Waals surface area (Å²) in [6.07, 6.45) is 3.33. The zero-order valence-electron chi connectivity index (χ0n) is 20.0. The van der Waals surface area contributed by atoms with Gasteiger partial charge in [-0.15, -0.1) is 0 Å². The number of carbonyl (C=O) groups excluding carboxylic acids is 2. The Kier molecular flexibility index (Phi) is 8.19. The molecule has 2 aromatic rings. The first kappa shape index (κ1) is 24.2. The third kappa shape index (κ3) is 6.15. The van der Waals surface area contributed by atoms with Crippen LogP contribution in [-0.4, -0.2) is 60.4 Å². The van der Waals surface area contributed by atoms with Crippen LogP contribution in [0.1, 0.15) is 36.8 Å². The summed E-state index contributed by atoms with van der Waals surface area (Å²) < 4.78 is 5.43. The van der Waals surface area contributed by atoms with Crippen LogP contribution in [0.2, 0.25) is 0 Å². The van der Waals surface area contributed by atoms with E-state index in [0.29, 0.717) is 26.1 Å². The maximum absolute atomic E-state index is 13.1. The molecular weight excluding hydrogens is 428 g/mol. The fourth-order valence-electron chi connectivity index (χ4n) is 4.81. The minimum Gasteiger partial charge on any atom is -0.497 e. The number of amides is 2. The smallest absolute Gasteiger partial charge is 0.242 e. The number of nitrogens with one attached hydrogen (secondary N) is 1. The van der Waals surface area contributed by atoms with Crippen LogP contribution >= 0.6 is 0 Å². The predicted molar refractivity (Wildman–Crippen MR) is 132 cm³/mol. The van der Waals surface area contributed by atoms with Crippen molar-refractivity contribution < 1.29 is 14.3 Å². The number of carbonyl (C=O) groups is 2. The van der Waals surface area contributed by atoms with Crippen LogP contribution in [0.15, 0.2) is 54.6 Å². The number of nitrogens with two attached hydrogens (primary N) is 1. The zero-order valence-corrected chi connectivity index (χ0v) is 20.0. The highest BCUT2D eigenvalue weighted by Gasteiger charge is 2.42. The molecule has 1 unspecified atom stereocenters. The monoisotopic (exact) mass is 464 g/mol. The molecule has 2 fully saturated rings. The Morgan fingerprint density at radius 1 is 1.06 bits per heavy atom. The Morgan fingerprint density at radius 2 is 1.79 bits per heavy atom. The molecule has 7 nitrogen and oxygen atoms in total. The number of nitrogens with zero attached hydrogens (tertiary/aromatic N) is 2. The summed E-state index contributed by atoms with van der Waals surface area (Å²) in [4.78, 5) is 30.3. The molecule has 1 aliphatic heterocycles. The summed E-state index contributed by atoms with van der Waals surface area (Å²) in [6, 6.07) is 18.2. The second-order valence-corrected chi connectivity index (χ2v) is 9.32. The van der Waals surface area contributed by atoms with Crippen molar-refractivity contribution in [2.45, 2.75) is 50.9 Å². The molecular formula is C27H36N4O3. The Labute approximate surface area is 202 Å². The highest BCUT2D eigenvalue weighted by molar-refractivity contribution is 5.89. The molecule has 2 amide bonds. The minimum atomic E-state index is -0.456. The number of piperidine rings is 1. The largest absolute Gasteiger partial charge is 0.497 e. The normalized spacial score (nSPS) is 20.3. The Morgan fingerprint density at radius 3 is 2.50 bits per heavy atom. The average molecular weight is 465 g/mol. The molecule has 7 heteroatoms. The van der Waals surface area contributed by atoms with Gasteiger partial charge in [-0.05, 0) is 48.9 Å². The molecule has 0 aromatic heterocycles. The van der Waals surface area contributed by atoms with Crippen molar-refractivity contribution in [1.29, 1.82) is 0 Å². The molecule has 34 heavy (non-hydrogen) atoms. The van der Waals surface area contributed by atoms with Gasteiger partial charge in [0.2, 0.25) is 11.8 Å². The van der Waals surface area contributed by atoms with Gasteiger partial charge in [-0.3, -0.25) is 14.5 Å². The molecule has 2 atom stereocenters. The number of hydrogen-bond acceptors (Lipinski definition) is 5. The van der Waals surface area contributed by atoms with E-state index in [2.05, 4.69) is 46.6 Å². The Bertz CT molecular complexity index is 963. The van der Waals surface area contributed by atoms with Gasteiger partial charge in [-0.25, -0.2) is 0 Å². The molecule has 0 spiro atoms. The van der Waals surface area contributed by atoms with Gasteiger partial charge in [-0.2, -0.15) is 0 Å². The summed E-state index contributed by atoms with van der Waals surface area (Å²) in [5.41, 5.74) is 8.01. The molecule has 4 rings (SSSR count). The summed E-state index contributed by atoms with van der Waals surface area (Å²) in [6.45, 7) is 2.92. The van der Waals surface area contributed by atoms with E-state index in [1.165, 1.54) is 5.56 Å². The van der Waals surface area contributed by atoms with Gasteiger partial charge >= 0.3 is 0 Å².